The molecule has 0 fully saturated rings. The van der Waals surface area contributed by atoms with Gasteiger partial charge in [0.25, 0.3) is 5.91 Å². The molecule has 1 amide bonds. The zero-order valence-corrected chi connectivity index (χ0v) is 15.5. The summed E-state index contributed by atoms with van der Waals surface area (Å²) in [5, 5.41) is 4.90. The number of rotatable bonds is 4. The van der Waals surface area contributed by atoms with Crippen LogP contribution in [0.1, 0.15) is 29.9 Å². The highest BCUT2D eigenvalue weighted by molar-refractivity contribution is 6.05. The number of hydrogen-bond acceptors (Lipinski definition) is 4. The molecule has 1 aliphatic heterocycles. The Kier molecular flexibility index (Phi) is 4.44. The quantitative estimate of drug-likeness (QED) is 0.769. The van der Waals surface area contributed by atoms with Gasteiger partial charge >= 0.3 is 0 Å². The highest BCUT2D eigenvalue weighted by Crippen LogP contribution is 2.35. The fourth-order valence-corrected chi connectivity index (χ4v) is 3.25. The second-order valence-corrected chi connectivity index (χ2v) is 7.31. The van der Waals surface area contributed by atoms with Gasteiger partial charge in [0.1, 0.15) is 18.9 Å². The van der Waals surface area contributed by atoms with Gasteiger partial charge in [0.15, 0.2) is 11.5 Å². The van der Waals surface area contributed by atoms with E-state index in [0.29, 0.717) is 25.5 Å². The van der Waals surface area contributed by atoms with E-state index in [2.05, 4.69) is 24.1 Å². The third-order valence-corrected chi connectivity index (χ3v) is 4.90. The Morgan fingerprint density at radius 3 is 2.70 bits per heavy atom. The summed E-state index contributed by atoms with van der Waals surface area (Å²) < 4.78 is 11.3. The van der Waals surface area contributed by atoms with Crippen LogP contribution in [-0.4, -0.2) is 30.6 Å². The van der Waals surface area contributed by atoms with E-state index in [9.17, 15) is 4.79 Å². The number of fused-ring (bicyclic) bond motifs is 2. The molecule has 0 aliphatic carbocycles. The van der Waals surface area contributed by atoms with E-state index in [1.54, 1.807) is 6.20 Å². The van der Waals surface area contributed by atoms with Crippen LogP contribution in [0.15, 0.2) is 54.7 Å². The van der Waals surface area contributed by atoms with Crippen LogP contribution in [0.5, 0.6) is 11.5 Å². The number of nitrogens with one attached hydrogen (secondary N) is 1. The van der Waals surface area contributed by atoms with Crippen molar-refractivity contribution >= 4 is 16.7 Å². The minimum absolute atomic E-state index is 0.169. The van der Waals surface area contributed by atoms with Crippen LogP contribution in [0.25, 0.3) is 10.8 Å². The minimum atomic E-state index is -0.268. The highest BCUT2D eigenvalue weighted by Gasteiger charge is 2.25. The maximum atomic E-state index is 12.8. The topological polar surface area (TPSA) is 60.5 Å². The first-order valence-electron chi connectivity index (χ1n) is 9.07. The van der Waals surface area contributed by atoms with Crippen molar-refractivity contribution in [2.45, 2.75) is 19.3 Å². The molecule has 138 valence electrons. The number of nitrogens with zero attached hydrogens (tertiary/aromatic N) is 1. The largest absolute Gasteiger partial charge is 0.486 e. The van der Waals surface area contributed by atoms with Gasteiger partial charge in [-0.1, -0.05) is 44.2 Å². The van der Waals surface area contributed by atoms with Crippen LogP contribution in [0, 0.1) is 0 Å². The van der Waals surface area contributed by atoms with Gasteiger partial charge in [0, 0.05) is 23.5 Å². The molecule has 2 heterocycles. The van der Waals surface area contributed by atoms with Crippen molar-refractivity contribution in [1.29, 1.82) is 0 Å². The Morgan fingerprint density at radius 1 is 1.07 bits per heavy atom. The van der Waals surface area contributed by atoms with Crippen LogP contribution in [0.2, 0.25) is 0 Å². The fraction of sp³-hybridized carbons (Fsp3) is 0.273. The second kappa shape index (κ2) is 6.91. The van der Waals surface area contributed by atoms with Crippen LogP contribution in [0.4, 0.5) is 0 Å². The molecule has 3 aromatic rings. The number of hydrogen-bond donors (Lipinski definition) is 1. The maximum absolute atomic E-state index is 12.8. The Balaban J connectivity index is 1.52. The molecular formula is C22H22N2O3. The van der Waals surface area contributed by atoms with Crippen molar-refractivity contribution in [2.24, 2.45) is 0 Å². The lowest BCUT2D eigenvalue weighted by atomic mass is 9.84. The molecule has 27 heavy (non-hydrogen) atoms. The number of aromatic nitrogens is 1. The summed E-state index contributed by atoms with van der Waals surface area (Å²) in [5.41, 5.74) is 1.26. The molecule has 5 heteroatoms. The Bertz CT molecular complexity index is 993. The lowest BCUT2D eigenvalue weighted by molar-refractivity contribution is 0.0942. The molecular weight excluding hydrogens is 340 g/mol. The Hall–Kier alpha value is -3.08. The van der Waals surface area contributed by atoms with E-state index in [1.165, 1.54) is 0 Å². The molecule has 0 bridgehead atoms. The van der Waals surface area contributed by atoms with Crippen molar-refractivity contribution in [1.82, 2.24) is 10.3 Å². The van der Waals surface area contributed by atoms with Gasteiger partial charge in [0.05, 0.1) is 0 Å². The van der Waals surface area contributed by atoms with E-state index in [1.807, 2.05) is 48.5 Å². The smallest absolute Gasteiger partial charge is 0.270 e. The van der Waals surface area contributed by atoms with Gasteiger partial charge in [0.2, 0.25) is 0 Å². The molecule has 0 saturated carbocycles. The Morgan fingerprint density at radius 2 is 1.85 bits per heavy atom. The van der Waals surface area contributed by atoms with Crippen molar-refractivity contribution in [3.8, 4) is 11.5 Å². The Labute approximate surface area is 158 Å². The van der Waals surface area contributed by atoms with E-state index in [4.69, 9.17) is 9.47 Å². The highest BCUT2D eigenvalue weighted by atomic mass is 16.6. The second-order valence-electron chi connectivity index (χ2n) is 7.31. The van der Waals surface area contributed by atoms with Crippen molar-refractivity contribution in [3.63, 3.8) is 0 Å². The van der Waals surface area contributed by atoms with Crippen LogP contribution < -0.4 is 14.8 Å². The number of amides is 1. The van der Waals surface area contributed by atoms with Crippen molar-refractivity contribution in [3.05, 3.63) is 66.0 Å². The third kappa shape index (κ3) is 3.45. The maximum Gasteiger partial charge on any atom is 0.270 e. The molecule has 0 atom stereocenters. The van der Waals surface area contributed by atoms with Gasteiger partial charge in [-0.25, -0.2) is 0 Å². The standard InChI is InChI=1S/C22H22N2O3/c1-22(2,16-7-8-18-19(13-16)27-12-11-26-18)14-24-21(25)20-17-6-4-3-5-15(17)9-10-23-20/h3-10,13H,11-12,14H2,1-2H3,(H,24,25). The van der Waals surface area contributed by atoms with E-state index < -0.39 is 0 Å². The molecule has 0 radical (unpaired) electrons. The molecule has 4 rings (SSSR count). The van der Waals surface area contributed by atoms with Gasteiger partial charge in [-0.05, 0) is 29.1 Å². The van der Waals surface area contributed by atoms with E-state index >= 15 is 0 Å². The van der Waals surface area contributed by atoms with Crippen LogP contribution >= 0.6 is 0 Å². The minimum Gasteiger partial charge on any atom is -0.486 e. The van der Waals surface area contributed by atoms with Crippen molar-refractivity contribution in [2.75, 3.05) is 19.8 Å². The molecule has 2 aromatic carbocycles. The van der Waals surface area contributed by atoms with Crippen LogP contribution in [-0.2, 0) is 5.41 Å². The number of benzene rings is 2. The molecule has 1 N–H and O–H groups in total. The SMILES string of the molecule is CC(C)(CNC(=O)c1nccc2ccccc12)c1ccc2c(c1)OCCO2. The summed E-state index contributed by atoms with van der Waals surface area (Å²) in [7, 11) is 0. The number of carbonyl (C=O) groups excluding carboxylic acids is 1. The predicted octanol–water partition coefficient (Wildman–Crippen LogP) is 3.71. The molecule has 0 spiro atoms. The molecule has 1 aromatic heterocycles. The van der Waals surface area contributed by atoms with E-state index in [0.717, 1.165) is 27.8 Å². The first-order chi connectivity index (χ1) is 13.0. The van der Waals surface area contributed by atoms with Gasteiger partial charge in [-0.15, -0.1) is 0 Å². The average molecular weight is 362 g/mol. The normalized spacial score (nSPS) is 13.4. The molecule has 1 aliphatic rings. The number of ether oxygens (including phenoxy) is 2. The summed E-state index contributed by atoms with van der Waals surface area (Å²) in [6.45, 7) is 5.80. The summed E-state index contributed by atoms with van der Waals surface area (Å²) in [6.07, 6.45) is 1.67. The monoisotopic (exact) mass is 362 g/mol. The van der Waals surface area contributed by atoms with E-state index in [-0.39, 0.29) is 11.3 Å². The molecule has 5 nitrogen and oxygen atoms in total. The average Bonchev–Trinajstić information content (AvgIpc) is 2.71. The number of carbonyl (C=O) groups is 1. The summed E-state index contributed by atoms with van der Waals surface area (Å²) in [4.78, 5) is 17.0. The van der Waals surface area contributed by atoms with Gasteiger partial charge in [-0.3, -0.25) is 9.78 Å². The third-order valence-electron chi connectivity index (χ3n) is 4.90. The summed E-state index contributed by atoms with van der Waals surface area (Å²) in [5.74, 6) is 1.36. The van der Waals surface area contributed by atoms with Crippen molar-refractivity contribution < 1.29 is 14.3 Å². The first-order valence-corrected chi connectivity index (χ1v) is 9.07. The number of pyridine rings is 1. The fourth-order valence-electron chi connectivity index (χ4n) is 3.25. The lowest BCUT2D eigenvalue weighted by Gasteiger charge is -2.27. The van der Waals surface area contributed by atoms with Gasteiger partial charge < -0.3 is 14.8 Å². The molecule has 0 saturated heterocycles. The summed E-state index contributed by atoms with van der Waals surface area (Å²) >= 11 is 0. The lowest BCUT2D eigenvalue weighted by Crippen LogP contribution is -2.37. The van der Waals surface area contributed by atoms with Gasteiger partial charge in [-0.2, -0.15) is 0 Å². The predicted molar refractivity (Wildman–Crippen MR) is 105 cm³/mol. The zero-order valence-electron chi connectivity index (χ0n) is 15.5. The summed E-state index contributed by atoms with van der Waals surface area (Å²) in [6, 6.07) is 15.6. The molecule has 0 unspecified atom stereocenters. The first kappa shape index (κ1) is 17.3. The zero-order chi connectivity index (χ0) is 18.9. The van der Waals surface area contributed by atoms with Crippen LogP contribution in [0.3, 0.4) is 0 Å².